The average Bonchev–Trinajstić information content (AvgIpc) is 2.65. The minimum absolute atomic E-state index is 0.766. The molecule has 0 unspecified atom stereocenters. The Balaban J connectivity index is 2.39. The number of ether oxygens (including phenoxy) is 1. The van der Waals surface area contributed by atoms with Crippen LogP contribution in [0.1, 0.15) is 5.69 Å². The molecule has 0 radical (unpaired) electrons. The van der Waals surface area contributed by atoms with Crippen LogP contribution in [0.5, 0.6) is 5.75 Å². The van der Waals surface area contributed by atoms with Gasteiger partial charge in [-0.2, -0.15) is 0 Å². The largest absolute Gasteiger partial charge is 0.495 e. The van der Waals surface area contributed by atoms with Gasteiger partial charge in [-0.05, 0) is 35.1 Å². The summed E-state index contributed by atoms with van der Waals surface area (Å²) >= 11 is 10.0. The molecule has 0 saturated heterocycles. The third kappa shape index (κ3) is 1.67. The topological polar surface area (TPSA) is 17.4 Å². The molecule has 3 nitrogen and oxygen atoms in total. The van der Waals surface area contributed by atoms with Gasteiger partial charge in [0, 0.05) is 35.2 Å². The van der Waals surface area contributed by atoms with Crippen LogP contribution in [0.15, 0.2) is 16.6 Å². The lowest BCUT2D eigenvalue weighted by molar-refractivity contribution is 0.271. The van der Waals surface area contributed by atoms with Gasteiger partial charge in [0.1, 0.15) is 5.75 Å². The lowest BCUT2D eigenvalue weighted by atomic mass is 10.2. The molecule has 0 amide bonds. The molecule has 1 aliphatic heterocycles. The Bertz CT molecular complexity index is 623. The van der Waals surface area contributed by atoms with E-state index in [9.17, 15) is 0 Å². The minimum Gasteiger partial charge on any atom is -0.495 e. The van der Waals surface area contributed by atoms with Crippen molar-refractivity contribution < 1.29 is 4.74 Å². The predicted octanol–water partition coefficient (Wildman–Crippen LogP) is 3.51. The first kappa shape index (κ1) is 12.3. The van der Waals surface area contributed by atoms with Crippen LogP contribution >= 0.6 is 27.5 Å². The summed E-state index contributed by atoms with van der Waals surface area (Å²) in [4.78, 5) is 2.30. The fraction of sp³-hybridized carbons (Fsp3) is 0.385. The van der Waals surface area contributed by atoms with Crippen molar-refractivity contribution in [1.29, 1.82) is 0 Å². The van der Waals surface area contributed by atoms with Gasteiger partial charge in [0.15, 0.2) is 0 Å². The molecule has 18 heavy (non-hydrogen) atoms. The number of benzene rings is 1. The van der Waals surface area contributed by atoms with Gasteiger partial charge in [-0.15, -0.1) is 0 Å². The maximum Gasteiger partial charge on any atom is 0.143 e. The van der Waals surface area contributed by atoms with E-state index in [2.05, 4.69) is 32.4 Å². The van der Waals surface area contributed by atoms with Gasteiger partial charge >= 0.3 is 0 Å². The summed E-state index contributed by atoms with van der Waals surface area (Å²) in [6.45, 7) is 2.93. The lowest BCUT2D eigenvalue weighted by Gasteiger charge is -2.25. The Morgan fingerprint density at radius 3 is 2.83 bits per heavy atom. The van der Waals surface area contributed by atoms with Crippen LogP contribution in [-0.4, -0.2) is 30.2 Å². The smallest absolute Gasteiger partial charge is 0.143 e. The maximum atomic E-state index is 6.33. The van der Waals surface area contributed by atoms with Crippen molar-refractivity contribution in [3.05, 3.63) is 27.3 Å². The van der Waals surface area contributed by atoms with Gasteiger partial charge in [0.2, 0.25) is 0 Å². The van der Waals surface area contributed by atoms with Crippen molar-refractivity contribution in [1.82, 2.24) is 9.47 Å². The number of halogens is 2. The highest BCUT2D eigenvalue weighted by molar-refractivity contribution is 9.10. The van der Waals surface area contributed by atoms with Crippen LogP contribution in [0.2, 0.25) is 5.02 Å². The highest BCUT2D eigenvalue weighted by Gasteiger charge is 2.24. The van der Waals surface area contributed by atoms with E-state index in [1.54, 1.807) is 7.11 Å². The predicted molar refractivity (Wildman–Crippen MR) is 77.5 cm³/mol. The molecular formula is C13H14BrClN2O. The van der Waals surface area contributed by atoms with Gasteiger partial charge in [0.25, 0.3) is 0 Å². The highest BCUT2D eigenvalue weighted by Crippen LogP contribution is 2.41. The number of rotatable bonds is 1. The monoisotopic (exact) mass is 328 g/mol. The molecule has 3 rings (SSSR count). The van der Waals surface area contributed by atoms with Gasteiger partial charge in [-0.1, -0.05) is 11.6 Å². The number of methoxy groups -OCH3 is 1. The van der Waals surface area contributed by atoms with Gasteiger partial charge < -0.3 is 9.30 Å². The lowest BCUT2D eigenvalue weighted by Crippen LogP contribution is -2.30. The summed E-state index contributed by atoms with van der Waals surface area (Å²) in [6.07, 6.45) is 0. The quantitative estimate of drug-likeness (QED) is 0.796. The second-order valence-corrected chi connectivity index (χ2v) is 5.82. The average molecular weight is 330 g/mol. The summed E-state index contributed by atoms with van der Waals surface area (Å²) in [5.41, 5.74) is 2.37. The van der Waals surface area contributed by atoms with E-state index >= 15 is 0 Å². The van der Waals surface area contributed by atoms with E-state index in [1.807, 2.05) is 12.1 Å². The van der Waals surface area contributed by atoms with Gasteiger partial charge in [-0.3, -0.25) is 4.90 Å². The molecule has 0 fully saturated rings. The number of fused-ring (bicyclic) bond motifs is 3. The molecule has 0 aliphatic carbocycles. The van der Waals surface area contributed by atoms with E-state index < -0.39 is 0 Å². The van der Waals surface area contributed by atoms with Crippen LogP contribution in [0.3, 0.4) is 0 Å². The van der Waals surface area contributed by atoms with Crippen molar-refractivity contribution in [3.8, 4) is 5.75 Å². The molecule has 1 aromatic heterocycles. The fourth-order valence-corrected chi connectivity index (χ4v) is 3.70. The molecule has 0 atom stereocenters. The van der Waals surface area contributed by atoms with Gasteiger partial charge in [-0.25, -0.2) is 0 Å². The first-order valence-corrected chi connectivity index (χ1v) is 7.02. The molecule has 0 spiro atoms. The minimum atomic E-state index is 0.766. The Morgan fingerprint density at radius 2 is 2.11 bits per heavy atom. The van der Waals surface area contributed by atoms with E-state index in [0.717, 1.165) is 45.8 Å². The summed E-state index contributed by atoms with van der Waals surface area (Å²) < 4.78 is 8.88. The van der Waals surface area contributed by atoms with E-state index in [4.69, 9.17) is 16.3 Å². The molecule has 2 heterocycles. The van der Waals surface area contributed by atoms with Crippen LogP contribution in [-0.2, 0) is 13.1 Å². The fourth-order valence-electron chi connectivity index (χ4n) is 2.59. The van der Waals surface area contributed by atoms with Crippen LogP contribution in [0, 0.1) is 0 Å². The van der Waals surface area contributed by atoms with Crippen LogP contribution in [0.4, 0.5) is 0 Å². The number of hydrogen-bond acceptors (Lipinski definition) is 2. The van der Waals surface area contributed by atoms with Crippen molar-refractivity contribution >= 4 is 38.4 Å². The molecule has 0 bridgehead atoms. The first-order chi connectivity index (χ1) is 8.63. The summed E-state index contributed by atoms with van der Waals surface area (Å²) in [6, 6.07) is 3.83. The van der Waals surface area contributed by atoms with Crippen molar-refractivity contribution in [2.75, 3.05) is 20.7 Å². The van der Waals surface area contributed by atoms with Gasteiger partial charge in [0.05, 0.1) is 17.6 Å². The zero-order chi connectivity index (χ0) is 12.9. The van der Waals surface area contributed by atoms with E-state index in [-0.39, 0.29) is 0 Å². The Morgan fingerprint density at radius 1 is 1.33 bits per heavy atom. The second kappa shape index (κ2) is 4.44. The van der Waals surface area contributed by atoms with E-state index in [1.165, 1.54) is 5.69 Å². The third-order valence-corrected chi connectivity index (χ3v) is 4.67. The third-order valence-electron chi connectivity index (χ3n) is 3.50. The zero-order valence-electron chi connectivity index (χ0n) is 10.3. The Hall–Kier alpha value is -0.710. The van der Waals surface area contributed by atoms with Crippen LogP contribution in [0.25, 0.3) is 10.9 Å². The molecular weight excluding hydrogens is 316 g/mol. The van der Waals surface area contributed by atoms with Crippen molar-refractivity contribution in [2.45, 2.75) is 13.1 Å². The molecule has 2 aromatic rings. The molecule has 1 aromatic carbocycles. The number of nitrogens with zero attached hydrogens (tertiary/aromatic N) is 2. The normalized spacial score (nSPS) is 16.0. The first-order valence-electron chi connectivity index (χ1n) is 5.85. The number of aromatic nitrogens is 1. The zero-order valence-corrected chi connectivity index (χ0v) is 12.7. The van der Waals surface area contributed by atoms with Crippen molar-refractivity contribution in [3.63, 3.8) is 0 Å². The van der Waals surface area contributed by atoms with Crippen molar-refractivity contribution in [2.24, 2.45) is 0 Å². The van der Waals surface area contributed by atoms with E-state index in [0.29, 0.717) is 0 Å². The molecule has 0 saturated carbocycles. The van der Waals surface area contributed by atoms with Crippen LogP contribution < -0.4 is 4.74 Å². The second-order valence-electron chi connectivity index (χ2n) is 4.62. The SMILES string of the molecule is COc1ccc(Cl)c2c(Br)c3n(c12)CCN(C)C3. The summed E-state index contributed by atoms with van der Waals surface area (Å²) in [7, 11) is 3.83. The molecule has 0 N–H and O–H groups in total. The Kier molecular flexibility index (Phi) is 3.04. The standard InChI is InChI=1S/C13H14BrClN2O/c1-16-5-6-17-9(7-16)12(14)11-8(15)3-4-10(18-2)13(11)17/h3-4H,5-7H2,1-2H3. The number of likely N-dealkylation sites (N-methyl/N-ethyl adjacent to an activating group) is 1. The Labute approximate surface area is 119 Å². The maximum absolute atomic E-state index is 6.33. The molecule has 5 heteroatoms. The molecule has 96 valence electrons. The summed E-state index contributed by atoms with van der Waals surface area (Å²) in [5.74, 6) is 0.880. The molecule has 1 aliphatic rings. The number of hydrogen-bond donors (Lipinski definition) is 0. The highest BCUT2D eigenvalue weighted by atomic mass is 79.9. The summed E-state index contributed by atoms with van der Waals surface area (Å²) in [5, 5.41) is 1.82.